The molecule has 1 fully saturated rings. The van der Waals surface area contributed by atoms with Crippen molar-refractivity contribution < 1.29 is 23.8 Å². The summed E-state index contributed by atoms with van der Waals surface area (Å²) in [4.78, 5) is 16.6. The lowest BCUT2D eigenvalue weighted by molar-refractivity contribution is -0.0716. The minimum atomic E-state index is -0.903. The maximum atomic E-state index is 11.1. The van der Waals surface area contributed by atoms with E-state index in [0.717, 1.165) is 5.39 Å². The Morgan fingerprint density at radius 2 is 2.14 bits per heavy atom. The van der Waals surface area contributed by atoms with Crippen molar-refractivity contribution in [2.24, 2.45) is 0 Å². The number of hydrogen-bond acceptors (Lipinski definition) is 5. The van der Waals surface area contributed by atoms with Crippen molar-refractivity contribution in [2.75, 3.05) is 27.3 Å². The number of methoxy groups -OCH3 is 2. The fourth-order valence-electron chi connectivity index (χ4n) is 2.92. The van der Waals surface area contributed by atoms with Crippen LogP contribution < -0.4 is 4.74 Å². The van der Waals surface area contributed by atoms with E-state index in [0.29, 0.717) is 43.2 Å². The van der Waals surface area contributed by atoms with Gasteiger partial charge in [-0.05, 0) is 12.1 Å². The van der Waals surface area contributed by atoms with Crippen LogP contribution in [0.1, 0.15) is 18.6 Å². The highest BCUT2D eigenvalue weighted by atomic mass is 16.5. The molecule has 22 heavy (non-hydrogen) atoms. The predicted octanol–water partition coefficient (Wildman–Crippen LogP) is 2.45. The van der Waals surface area contributed by atoms with E-state index in [-0.39, 0.29) is 0 Å². The predicted molar refractivity (Wildman–Crippen MR) is 78.1 cm³/mol. The number of ether oxygens (including phenoxy) is 2. The third kappa shape index (κ3) is 2.27. The first-order valence-corrected chi connectivity index (χ1v) is 7.06. The van der Waals surface area contributed by atoms with Crippen molar-refractivity contribution in [3.63, 3.8) is 0 Å². The fraction of sp³-hybridized carbons (Fsp3) is 0.467. The summed E-state index contributed by atoms with van der Waals surface area (Å²) in [6.07, 6.45) is 1.85. The van der Waals surface area contributed by atoms with Gasteiger partial charge in [0.1, 0.15) is 11.4 Å². The third-order valence-electron chi connectivity index (χ3n) is 4.28. The second kappa shape index (κ2) is 5.49. The van der Waals surface area contributed by atoms with E-state index >= 15 is 0 Å². The van der Waals surface area contributed by atoms with E-state index in [1.54, 1.807) is 20.4 Å². The topological polar surface area (TPSA) is 85.0 Å². The van der Waals surface area contributed by atoms with Gasteiger partial charge in [0, 0.05) is 44.6 Å². The molecule has 0 unspecified atom stereocenters. The van der Waals surface area contributed by atoms with Crippen molar-refractivity contribution in [3.05, 3.63) is 24.1 Å². The van der Waals surface area contributed by atoms with Gasteiger partial charge in [-0.1, -0.05) is 0 Å². The van der Waals surface area contributed by atoms with Crippen molar-refractivity contribution >= 4 is 17.1 Å². The molecule has 0 bridgehead atoms. The zero-order valence-corrected chi connectivity index (χ0v) is 12.5. The van der Waals surface area contributed by atoms with Gasteiger partial charge in [0.15, 0.2) is 5.58 Å². The van der Waals surface area contributed by atoms with Gasteiger partial charge in [-0.25, -0.2) is 9.78 Å². The first-order chi connectivity index (χ1) is 10.6. The van der Waals surface area contributed by atoms with Crippen LogP contribution in [0.15, 0.2) is 22.7 Å². The fourth-order valence-corrected chi connectivity index (χ4v) is 2.92. The monoisotopic (exact) mass is 306 g/mol. The Bertz CT molecular complexity index is 688. The molecule has 2 aromatic rings. The smallest absolute Gasteiger partial charge is 0.407 e. The quantitative estimate of drug-likeness (QED) is 0.937. The van der Waals surface area contributed by atoms with Gasteiger partial charge >= 0.3 is 6.09 Å². The number of carbonyl (C=O) groups is 1. The van der Waals surface area contributed by atoms with Crippen molar-refractivity contribution in [2.45, 2.75) is 18.4 Å². The van der Waals surface area contributed by atoms with Gasteiger partial charge < -0.3 is 23.9 Å². The normalized spacial score (nSPS) is 17.6. The molecular formula is C15H18N2O5. The summed E-state index contributed by atoms with van der Waals surface area (Å²) < 4.78 is 16.9. The molecule has 1 amide bonds. The number of aromatic nitrogens is 1. The molecule has 0 aliphatic carbocycles. The van der Waals surface area contributed by atoms with Crippen LogP contribution in [-0.4, -0.2) is 48.4 Å². The molecule has 2 aromatic heterocycles. The molecule has 0 radical (unpaired) electrons. The molecule has 0 atom stereocenters. The van der Waals surface area contributed by atoms with Crippen molar-refractivity contribution in [1.29, 1.82) is 0 Å². The molecule has 3 rings (SSSR count). The average molecular weight is 306 g/mol. The first-order valence-electron chi connectivity index (χ1n) is 7.06. The number of pyridine rings is 1. The Labute approximate surface area is 127 Å². The van der Waals surface area contributed by atoms with E-state index in [1.165, 1.54) is 4.90 Å². The number of piperidine rings is 1. The number of amides is 1. The molecule has 1 aliphatic heterocycles. The first kappa shape index (κ1) is 14.6. The van der Waals surface area contributed by atoms with E-state index in [4.69, 9.17) is 19.0 Å². The van der Waals surface area contributed by atoms with E-state index in [1.807, 2.05) is 12.1 Å². The Balaban J connectivity index is 1.96. The Morgan fingerprint density at radius 1 is 1.41 bits per heavy atom. The standard InChI is InChI=1S/C15H18N2O5/c1-20-13-12-10(3-6-16-13)9-11(22-12)15(21-2)4-7-17(8-5-15)14(18)19/h3,6,9H,4-5,7-8H2,1-2H3,(H,18,19). The maximum absolute atomic E-state index is 11.1. The van der Waals surface area contributed by atoms with Crippen LogP contribution in [0.5, 0.6) is 5.88 Å². The molecule has 7 heteroatoms. The largest absolute Gasteiger partial charge is 0.478 e. The second-order valence-corrected chi connectivity index (χ2v) is 5.32. The molecule has 1 N–H and O–H groups in total. The third-order valence-corrected chi connectivity index (χ3v) is 4.28. The minimum absolute atomic E-state index is 0.412. The molecule has 0 saturated carbocycles. The number of nitrogens with zero attached hydrogens (tertiary/aromatic N) is 2. The Hall–Kier alpha value is -2.28. The van der Waals surface area contributed by atoms with Crippen LogP contribution in [0.25, 0.3) is 11.0 Å². The number of rotatable bonds is 3. The summed E-state index contributed by atoms with van der Waals surface area (Å²) in [6, 6.07) is 3.76. The summed E-state index contributed by atoms with van der Waals surface area (Å²) in [6.45, 7) is 0.825. The second-order valence-electron chi connectivity index (χ2n) is 5.32. The highest BCUT2D eigenvalue weighted by Crippen LogP contribution is 2.40. The van der Waals surface area contributed by atoms with Crippen LogP contribution in [0, 0.1) is 0 Å². The zero-order chi connectivity index (χ0) is 15.7. The van der Waals surface area contributed by atoms with Gasteiger partial charge in [-0.15, -0.1) is 0 Å². The van der Waals surface area contributed by atoms with Crippen LogP contribution >= 0.6 is 0 Å². The van der Waals surface area contributed by atoms with Gasteiger partial charge in [-0.3, -0.25) is 0 Å². The molecule has 7 nitrogen and oxygen atoms in total. The van der Waals surface area contributed by atoms with Crippen LogP contribution in [0.3, 0.4) is 0 Å². The molecule has 3 heterocycles. The van der Waals surface area contributed by atoms with Crippen LogP contribution in [-0.2, 0) is 10.3 Å². The summed E-state index contributed by atoms with van der Waals surface area (Å²) in [5.41, 5.74) is -0.0345. The maximum Gasteiger partial charge on any atom is 0.407 e. The number of carboxylic acid groups (broad SMARTS) is 1. The molecule has 118 valence electrons. The summed E-state index contributed by atoms with van der Waals surface area (Å²) in [7, 11) is 3.17. The number of hydrogen-bond donors (Lipinski definition) is 1. The van der Waals surface area contributed by atoms with Gasteiger partial charge in [0.05, 0.1) is 7.11 Å². The number of fused-ring (bicyclic) bond motifs is 1. The Morgan fingerprint density at radius 3 is 2.73 bits per heavy atom. The van der Waals surface area contributed by atoms with E-state index in [2.05, 4.69) is 4.98 Å². The summed E-state index contributed by atoms with van der Waals surface area (Å²) in [5, 5.41) is 9.96. The molecule has 1 aliphatic rings. The molecule has 0 spiro atoms. The minimum Gasteiger partial charge on any atom is -0.478 e. The molecular weight excluding hydrogens is 288 g/mol. The van der Waals surface area contributed by atoms with Gasteiger partial charge in [-0.2, -0.15) is 0 Å². The van der Waals surface area contributed by atoms with E-state index < -0.39 is 11.7 Å². The lowest BCUT2D eigenvalue weighted by Gasteiger charge is -2.38. The van der Waals surface area contributed by atoms with Gasteiger partial charge in [0.2, 0.25) is 0 Å². The lowest BCUT2D eigenvalue weighted by atomic mass is 9.88. The number of furan rings is 1. The highest BCUT2D eigenvalue weighted by Gasteiger charge is 2.40. The molecule has 1 saturated heterocycles. The summed E-state index contributed by atoms with van der Waals surface area (Å²) >= 11 is 0. The summed E-state index contributed by atoms with van der Waals surface area (Å²) in [5.74, 6) is 1.11. The Kier molecular flexibility index (Phi) is 3.66. The van der Waals surface area contributed by atoms with Crippen molar-refractivity contribution in [3.8, 4) is 5.88 Å². The SMILES string of the molecule is COc1nccc2cc(C3(OC)CCN(C(=O)O)CC3)oc12. The van der Waals surface area contributed by atoms with Crippen LogP contribution in [0.4, 0.5) is 4.79 Å². The molecule has 0 aromatic carbocycles. The zero-order valence-electron chi connectivity index (χ0n) is 12.5. The van der Waals surface area contributed by atoms with Crippen LogP contribution in [0.2, 0.25) is 0 Å². The average Bonchev–Trinajstić information content (AvgIpc) is 2.99. The lowest BCUT2D eigenvalue weighted by Crippen LogP contribution is -2.45. The van der Waals surface area contributed by atoms with Crippen molar-refractivity contribution in [1.82, 2.24) is 9.88 Å². The highest BCUT2D eigenvalue weighted by molar-refractivity contribution is 5.82. The van der Waals surface area contributed by atoms with E-state index in [9.17, 15) is 4.79 Å². The number of likely N-dealkylation sites (tertiary alicyclic amines) is 1. The van der Waals surface area contributed by atoms with Gasteiger partial charge in [0.25, 0.3) is 5.88 Å².